The molecule has 3 N–H and O–H groups in total. The van der Waals surface area contributed by atoms with Crippen LogP contribution in [-0.2, 0) is 11.2 Å². The van der Waals surface area contributed by atoms with Gasteiger partial charge >= 0.3 is 0 Å². The number of aryl methyl sites for hydroxylation is 1. The summed E-state index contributed by atoms with van der Waals surface area (Å²) in [6.45, 7) is 7.23. The largest absolute Gasteiger partial charge is 0.355 e. The summed E-state index contributed by atoms with van der Waals surface area (Å²) in [6.07, 6.45) is 2.44. The summed E-state index contributed by atoms with van der Waals surface area (Å²) >= 11 is 0. The predicted molar refractivity (Wildman–Crippen MR) is 80.0 cm³/mol. The zero-order valence-corrected chi connectivity index (χ0v) is 12.3. The van der Waals surface area contributed by atoms with E-state index in [0.29, 0.717) is 13.1 Å². The van der Waals surface area contributed by atoms with Crippen LogP contribution in [0.2, 0.25) is 0 Å². The minimum Gasteiger partial charge on any atom is -0.355 e. The molecule has 0 unspecified atom stereocenters. The van der Waals surface area contributed by atoms with Crippen LogP contribution in [0, 0.1) is 12.3 Å². The Bertz CT molecular complexity index is 403. The van der Waals surface area contributed by atoms with Crippen molar-refractivity contribution >= 4 is 5.91 Å². The lowest BCUT2D eigenvalue weighted by atomic mass is 9.81. The summed E-state index contributed by atoms with van der Waals surface area (Å²) in [6, 6.07) is 8.27. The molecule has 0 aliphatic heterocycles. The van der Waals surface area contributed by atoms with Crippen molar-refractivity contribution in [3.05, 3.63) is 35.4 Å². The van der Waals surface area contributed by atoms with Gasteiger partial charge in [0.1, 0.15) is 0 Å². The van der Waals surface area contributed by atoms with E-state index in [1.807, 2.05) is 26.0 Å². The Morgan fingerprint density at radius 2 is 1.89 bits per heavy atom. The molecule has 0 radical (unpaired) electrons. The van der Waals surface area contributed by atoms with Crippen molar-refractivity contribution in [2.45, 2.75) is 40.0 Å². The van der Waals surface area contributed by atoms with Gasteiger partial charge in [0.25, 0.3) is 0 Å². The van der Waals surface area contributed by atoms with E-state index in [1.165, 1.54) is 11.1 Å². The third-order valence-electron chi connectivity index (χ3n) is 4.17. The van der Waals surface area contributed by atoms with Crippen LogP contribution in [0.15, 0.2) is 24.3 Å². The maximum absolute atomic E-state index is 12.2. The van der Waals surface area contributed by atoms with Gasteiger partial charge in [-0.05, 0) is 37.3 Å². The summed E-state index contributed by atoms with van der Waals surface area (Å²) in [4.78, 5) is 12.2. The number of nitrogens with two attached hydrogens (primary N) is 1. The molecular weight excluding hydrogens is 236 g/mol. The van der Waals surface area contributed by atoms with E-state index >= 15 is 0 Å². The molecule has 1 amide bonds. The third kappa shape index (κ3) is 3.80. The van der Waals surface area contributed by atoms with Gasteiger partial charge in [-0.1, -0.05) is 38.1 Å². The van der Waals surface area contributed by atoms with Crippen LogP contribution in [0.1, 0.15) is 37.8 Å². The lowest BCUT2D eigenvalue weighted by Crippen LogP contribution is -2.45. The molecular formula is C16H26N2O. The van der Waals surface area contributed by atoms with Crippen molar-refractivity contribution in [1.29, 1.82) is 0 Å². The normalized spacial score (nSPS) is 11.4. The molecule has 1 aromatic rings. The van der Waals surface area contributed by atoms with Crippen LogP contribution in [0.5, 0.6) is 0 Å². The molecule has 3 nitrogen and oxygen atoms in total. The number of rotatable bonds is 7. The van der Waals surface area contributed by atoms with Crippen molar-refractivity contribution in [2.75, 3.05) is 13.1 Å². The second kappa shape index (κ2) is 7.29. The Morgan fingerprint density at radius 1 is 1.26 bits per heavy atom. The molecule has 0 fully saturated rings. The monoisotopic (exact) mass is 262 g/mol. The fourth-order valence-electron chi connectivity index (χ4n) is 2.34. The molecule has 0 saturated carbocycles. The molecule has 0 atom stereocenters. The molecule has 0 aliphatic rings. The van der Waals surface area contributed by atoms with Gasteiger partial charge in [0.05, 0.1) is 5.41 Å². The Labute approximate surface area is 116 Å². The first-order valence-corrected chi connectivity index (χ1v) is 7.12. The van der Waals surface area contributed by atoms with Crippen LogP contribution in [-0.4, -0.2) is 19.0 Å². The lowest BCUT2D eigenvalue weighted by molar-refractivity contribution is -0.131. The first-order chi connectivity index (χ1) is 9.09. The standard InChI is InChI=1S/C16H26N2O/c1-4-16(5-2,12-17)15(19)18-11-10-14-9-7-6-8-13(14)3/h6-9H,4-5,10-12,17H2,1-3H3,(H,18,19). The van der Waals surface area contributed by atoms with Gasteiger partial charge in [-0.25, -0.2) is 0 Å². The second-order valence-electron chi connectivity index (χ2n) is 5.12. The van der Waals surface area contributed by atoms with E-state index in [1.54, 1.807) is 0 Å². The van der Waals surface area contributed by atoms with Crippen LogP contribution in [0.25, 0.3) is 0 Å². The molecule has 106 valence electrons. The molecule has 0 saturated heterocycles. The SMILES string of the molecule is CCC(CC)(CN)C(=O)NCCc1ccccc1C. The molecule has 3 heteroatoms. The number of amides is 1. The van der Waals surface area contributed by atoms with Gasteiger partial charge in [0, 0.05) is 13.1 Å². The molecule has 0 aromatic heterocycles. The number of carbonyl (C=O) groups excluding carboxylic acids is 1. The lowest BCUT2D eigenvalue weighted by Gasteiger charge is -2.28. The third-order valence-corrected chi connectivity index (χ3v) is 4.17. The summed E-state index contributed by atoms with van der Waals surface area (Å²) in [7, 11) is 0. The van der Waals surface area contributed by atoms with E-state index in [9.17, 15) is 4.79 Å². The molecule has 0 spiro atoms. The zero-order chi connectivity index (χ0) is 14.3. The Hall–Kier alpha value is -1.35. The minimum atomic E-state index is -0.397. The van der Waals surface area contributed by atoms with Crippen molar-refractivity contribution < 1.29 is 4.79 Å². The fraction of sp³-hybridized carbons (Fsp3) is 0.562. The number of hydrogen-bond acceptors (Lipinski definition) is 2. The zero-order valence-electron chi connectivity index (χ0n) is 12.3. The number of nitrogens with one attached hydrogen (secondary N) is 1. The molecule has 0 bridgehead atoms. The first-order valence-electron chi connectivity index (χ1n) is 7.12. The van der Waals surface area contributed by atoms with Gasteiger partial charge in [0.15, 0.2) is 0 Å². The Morgan fingerprint density at radius 3 is 2.42 bits per heavy atom. The Kier molecular flexibility index (Phi) is 6.03. The highest BCUT2D eigenvalue weighted by Gasteiger charge is 2.32. The summed E-state index contributed by atoms with van der Waals surface area (Å²) < 4.78 is 0. The highest BCUT2D eigenvalue weighted by atomic mass is 16.2. The van der Waals surface area contributed by atoms with Crippen LogP contribution in [0.4, 0.5) is 0 Å². The van der Waals surface area contributed by atoms with Gasteiger partial charge in [-0.2, -0.15) is 0 Å². The summed E-state index contributed by atoms with van der Waals surface area (Å²) in [5.41, 5.74) is 7.94. The highest BCUT2D eigenvalue weighted by Crippen LogP contribution is 2.24. The molecule has 19 heavy (non-hydrogen) atoms. The topological polar surface area (TPSA) is 55.1 Å². The number of hydrogen-bond donors (Lipinski definition) is 2. The van der Waals surface area contributed by atoms with Crippen LogP contribution < -0.4 is 11.1 Å². The van der Waals surface area contributed by atoms with Crippen molar-refractivity contribution in [1.82, 2.24) is 5.32 Å². The maximum atomic E-state index is 12.2. The van der Waals surface area contributed by atoms with Crippen molar-refractivity contribution in [2.24, 2.45) is 11.1 Å². The van der Waals surface area contributed by atoms with Gasteiger partial charge in [0.2, 0.25) is 5.91 Å². The second-order valence-corrected chi connectivity index (χ2v) is 5.12. The van der Waals surface area contributed by atoms with E-state index < -0.39 is 5.41 Å². The van der Waals surface area contributed by atoms with Gasteiger partial charge in [-0.3, -0.25) is 4.79 Å². The molecule has 0 aliphatic carbocycles. The Balaban J connectivity index is 2.53. The quantitative estimate of drug-likeness (QED) is 0.793. The fourth-order valence-corrected chi connectivity index (χ4v) is 2.34. The first kappa shape index (κ1) is 15.7. The molecule has 0 heterocycles. The van der Waals surface area contributed by atoms with E-state index in [4.69, 9.17) is 5.73 Å². The average molecular weight is 262 g/mol. The predicted octanol–water partition coefficient (Wildman–Crippen LogP) is 2.42. The van der Waals surface area contributed by atoms with Crippen LogP contribution in [0.3, 0.4) is 0 Å². The smallest absolute Gasteiger partial charge is 0.227 e. The van der Waals surface area contributed by atoms with E-state index in [0.717, 1.165) is 19.3 Å². The minimum absolute atomic E-state index is 0.0913. The van der Waals surface area contributed by atoms with Gasteiger partial charge < -0.3 is 11.1 Å². The van der Waals surface area contributed by atoms with E-state index in [-0.39, 0.29) is 5.91 Å². The maximum Gasteiger partial charge on any atom is 0.227 e. The van der Waals surface area contributed by atoms with E-state index in [2.05, 4.69) is 24.4 Å². The van der Waals surface area contributed by atoms with Crippen molar-refractivity contribution in [3.63, 3.8) is 0 Å². The van der Waals surface area contributed by atoms with Gasteiger partial charge in [-0.15, -0.1) is 0 Å². The molecule has 1 aromatic carbocycles. The summed E-state index contributed by atoms with van der Waals surface area (Å²) in [5, 5.41) is 3.03. The average Bonchev–Trinajstić information content (AvgIpc) is 2.43. The summed E-state index contributed by atoms with van der Waals surface area (Å²) in [5.74, 6) is 0.0913. The van der Waals surface area contributed by atoms with Crippen molar-refractivity contribution in [3.8, 4) is 0 Å². The highest BCUT2D eigenvalue weighted by molar-refractivity contribution is 5.82. The number of carbonyl (C=O) groups is 1. The molecule has 1 rings (SSSR count). The van der Waals surface area contributed by atoms with Crippen LogP contribution >= 0.6 is 0 Å². The number of benzene rings is 1.